The van der Waals surface area contributed by atoms with Gasteiger partial charge in [-0.15, -0.1) is 0 Å². The van der Waals surface area contributed by atoms with Gasteiger partial charge in [0.05, 0.1) is 12.8 Å². The van der Waals surface area contributed by atoms with E-state index < -0.39 is 17.9 Å². The Hall–Kier alpha value is -3.94. The van der Waals surface area contributed by atoms with E-state index in [1.807, 2.05) is 32.0 Å². The second-order valence-electron chi connectivity index (χ2n) is 8.82. The molecular weight excluding hydrogens is 444 g/mol. The standard InChI is InChI=1S/C27H30N4O4/c1-18-8-5-12-22(19(18)2)31(24(32)17-29-26(33)23-13-7-15-35-23)25(20-9-6-14-28-16-20)27(34)30-21-10-3-4-11-21/h5-9,12-16,21,25H,3-4,10-11,17H2,1-2H3,(H,29,33)(H,30,34)/t25-/m0/s1. The van der Waals surface area contributed by atoms with Gasteiger partial charge in [-0.2, -0.15) is 0 Å². The van der Waals surface area contributed by atoms with Gasteiger partial charge in [0, 0.05) is 29.7 Å². The number of carbonyl (C=O) groups excluding carboxylic acids is 3. The molecule has 4 rings (SSSR count). The number of furan rings is 1. The Morgan fingerprint density at radius 1 is 1.09 bits per heavy atom. The minimum absolute atomic E-state index is 0.0795. The molecule has 1 aromatic carbocycles. The Kier molecular flexibility index (Phi) is 7.60. The Morgan fingerprint density at radius 3 is 2.57 bits per heavy atom. The molecule has 35 heavy (non-hydrogen) atoms. The van der Waals surface area contributed by atoms with E-state index in [1.54, 1.807) is 30.6 Å². The molecule has 1 saturated carbocycles. The molecule has 0 unspecified atom stereocenters. The predicted octanol–water partition coefficient (Wildman–Crippen LogP) is 3.85. The lowest BCUT2D eigenvalue weighted by Crippen LogP contribution is -2.49. The molecule has 8 nitrogen and oxygen atoms in total. The molecule has 0 aliphatic heterocycles. The summed E-state index contributed by atoms with van der Waals surface area (Å²) in [6.45, 7) is 3.57. The van der Waals surface area contributed by atoms with Crippen LogP contribution in [0, 0.1) is 13.8 Å². The van der Waals surface area contributed by atoms with Crippen molar-refractivity contribution in [3.8, 4) is 0 Å². The lowest BCUT2D eigenvalue weighted by atomic mass is 10.0. The summed E-state index contributed by atoms with van der Waals surface area (Å²) >= 11 is 0. The lowest BCUT2D eigenvalue weighted by Gasteiger charge is -2.33. The molecule has 2 heterocycles. The fourth-order valence-electron chi connectivity index (χ4n) is 4.46. The summed E-state index contributed by atoms with van der Waals surface area (Å²) in [5, 5.41) is 5.76. The van der Waals surface area contributed by atoms with Crippen molar-refractivity contribution < 1.29 is 18.8 Å². The Labute approximate surface area is 204 Å². The molecule has 1 aliphatic carbocycles. The topological polar surface area (TPSA) is 105 Å². The molecule has 0 spiro atoms. The molecule has 3 amide bonds. The maximum Gasteiger partial charge on any atom is 0.287 e. The molecule has 0 radical (unpaired) electrons. The van der Waals surface area contributed by atoms with Crippen LogP contribution in [0.15, 0.2) is 65.5 Å². The molecule has 1 aliphatic rings. The number of pyridine rings is 1. The van der Waals surface area contributed by atoms with Gasteiger partial charge in [-0.3, -0.25) is 24.3 Å². The van der Waals surface area contributed by atoms with Gasteiger partial charge < -0.3 is 15.1 Å². The van der Waals surface area contributed by atoms with E-state index in [9.17, 15) is 14.4 Å². The van der Waals surface area contributed by atoms with Crippen LogP contribution in [-0.4, -0.2) is 35.3 Å². The molecule has 182 valence electrons. The number of nitrogens with zero attached hydrogens (tertiary/aromatic N) is 2. The maximum atomic E-state index is 13.7. The summed E-state index contributed by atoms with van der Waals surface area (Å²) in [5.41, 5.74) is 3.06. The minimum Gasteiger partial charge on any atom is -0.459 e. The van der Waals surface area contributed by atoms with Crippen LogP contribution in [0.4, 0.5) is 5.69 Å². The molecule has 2 N–H and O–H groups in total. The number of amides is 3. The summed E-state index contributed by atoms with van der Waals surface area (Å²) in [6, 6.07) is 11.4. The number of aryl methyl sites for hydroxylation is 1. The SMILES string of the molecule is Cc1cccc(N(C(=O)CNC(=O)c2ccco2)[C@H](C(=O)NC2CCCC2)c2cccnc2)c1C. The Morgan fingerprint density at radius 2 is 1.89 bits per heavy atom. The minimum atomic E-state index is -0.946. The third-order valence-electron chi connectivity index (χ3n) is 6.46. The number of nitrogens with one attached hydrogen (secondary N) is 2. The third-order valence-corrected chi connectivity index (χ3v) is 6.46. The smallest absolute Gasteiger partial charge is 0.287 e. The molecule has 0 bridgehead atoms. The van der Waals surface area contributed by atoms with Crippen LogP contribution >= 0.6 is 0 Å². The van der Waals surface area contributed by atoms with Crippen LogP contribution < -0.4 is 15.5 Å². The van der Waals surface area contributed by atoms with Crippen molar-refractivity contribution in [1.29, 1.82) is 0 Å². The largest absolute Gasteiger partial charge is 0.459 e. The van der Waals surface area contributed by atoms with Gasteiger partial charge in [0.25, 0.3) is 5.91 Å². The predicted molar refractivity (Wildman–Crippen MR) is 132 cm³/mol. The molecular formula is C27H30N4O4. The van der Waals surface area contributed by atoms with E-state index in [1.165, 1.54) is 17.2 Å². The van der Waals surface area contributed by atoms with Crippen LogP contribution in [0.2, 0.25) is 0 Å². The van der Waals surface area contributed by atoms with Gasteiger partial charge in [0.1, 0.15) is 6.04 Å². The number of anilines is 1. The highest BCUT2D eigenvalue weighted by molar-refractivity contribution is 6.04. The van der Waals surface area contributed by atoms with Crippen LogP contribution in [0.5, 0.6) is 0 Å². The van der Waals surface area contributed by atoms with E-state index in [4.69, 9.17) is 4.42 Å². The molecule has 1 atom stereocenters. The van der Waals surface area contributed by atoms with Crippen LogP contribution in [0.3, 0.4) is 0 Å². The normalized spacial score (nSPS) is 14.3. The number of hydrogen-bond donors (Lipinski definition) is 2. The lowest BCUT2D eigenvalue weighted by molar-refractivity contribution is -0.126. The zero-order valence-electron chi connectivity index (χ0n) is 20.0. The van der Waals surface area contributed by atoms with Crippen molar-refractivity contribution in [2.75, 3.05) is 11.4 Å². The van der Waals surface area contributed by atoms with Gasteiger partial charge in [-0.05, 0) is 62.1 Å². The van der Waals surface area contributed by atoms with E-state index in [2.05, 4.69) is 15.6 Å². The van der Waals surface area contributed by atoms with Gasteiger partial charge in [-0.25, -0.2) is 0 Å². The van der Waals surface area contributed by atoms with Crippen molar-refractivity contribution in [3.05, 3.63) is 83.6 Å². The molecule has 1 fully saturated rings. The maximum absolute atomic E-state index is 13.7. The number of rotatable bonds is 8. The van der Waals surface area contributed by atoms with E-state index in [0.29, 0.717) is 11.3 Å². The molecule has 8 heteroatoms. The fourth-order valence-corrected chi connectivity index (χ4v) is 4.46. The van der Waals surface area contributed by atoms with E-state index >= 15 is 0 Å². The quantitative estimate of drug-likeness (QED) is 0.516. The Balaban J connectivity index is 1.70. The average Bonchev–Trinajstić information content (AvgIpc) is 3.58. The second-order valence-corrected chi connectivity index (χ2v) is 8.82. The van der Waals surface area contributed by atoms with Crippen molar-refractivity contribution in [2.24, 2.45) is 0 Å². The highest BCUT2D eigenvalue weighted by Gasteiger charge is 2.35. The highest BCUT2D eigenvalue weighted by atomic mass is 16.3. The molecule has 2 aromatic heterocycles. The van der Waals surface area contributed by atoms with Gasteiger partial charge in [-0.1, -0.05) is 31.0 Å². The van der Waals surface area contributed by atoms with E-state index in [0.717, 1.165) is 36.8 Å². The number of benzene rings is 1. The second kappa shape index (κ2) is 11.0. The van der Waals surface area contributed by atoms with Crippen LogP contribution in [0.1, 0.15) is 59.0 Å². The first-order valence-electron chi connectivity index (χ1n) is 11.9. The van der Waals surface area contributed by atoms with Crippen LogP contribution in [0.25, 0.3) is 0 Å². The molecule has 3 aromatic rings. The number of hydrogen-bond acceptors (Lipinski definition) is 5. The number of aromatic nitrogens is 1. The molecule has 0 saturated heterocycles. The summed E-state index contributed by atoms with van der Waals surface area (Å²) in [7, 11) is 0. The Bertz CT molecular complexity index is 1170. The third kappa shape index (κ3) is 5.59. The first kappa shape index (κ1) is 24.2. The summed E-state index contributed by atoms with van der Waals surface area (Å²) < 4.78 is 5.13. The van der Waals surface area contributed by atoms with Crippen molar-refractivity contribution in [2.45, 2.75) is 51.6 Å². The van der Waals surface area contributed by atoms with E-state index in [-0.39, 0.29) is 24.3 Å². The van der Waals surface area contributed by atoms with Gasteiger partial charge in [0.15, 0.2) is 5.76 Å². The number of carbonyl (C=O) groups is 3. The van der Waals surface area contributed by atoms with Gasteiger partial charge in [0.2, 0.25) is 11.8 Å². The summed E-state index contributed by atoms with van der Waals surface area (Å²) in [6.07, 6.45) is 8.60. The zero-order valence-corrected chi connectivity index (χ0v) is 20.0. The zero-order chi connectivity index (χ0) is 24.8. The summed E-state index contributed by atoms with van der Waals surface area (Å²) in [5.74, 6) is -1.08. The fraction of sp³-hybridized carbons (Fsp3) is 0.333. The average molecular weight is 475 g/mol. The van der Waals surface area contributed by atoms with Crippen molar-refractivity contribution >= 4 is 23.4 Å². The summed E-state index contributed by atoms with van der Waals surface area (Å²) in [4.78, 5) is 45.5. The van der Waals surface area contributed by atoms with Crippen molar-refractivity contribution in [1.82, 2.24) is 15.6 Å². The van der Waals surface area contributed by atoms with Gasteiger partial charge >= 0.3 is 0 Å². The van der Waals surface area contributed by atoms with Crippen LogP contribution in [-0.2, 0) is 9.59 Å². The first-order chi connectivity index (χ1) is 17.0. The first-order valence-corrected chi connectivity index (χ1v) is 11.9. The monoisotopic (exact) mass is 474 g/mol. The van der Waals surface area contributed by atoms with Crippen molar-refractivity contribution in [3.63, 3.8) is 0 Å². The highest BCUT2D eigenvalue weighted by Crippen LogP contribution is 2.32.